The third kappa shape index (κ3) is 43.1. The molecule has 62 heavy (non-hydrogen) atoms. The fourth-order valence-corrected chi connectivity index (χ4v) is 8.01. The van der Waals surface area contributed by atoms with Gasteiger partial charge in [-0.3, -0.25) is 9.59 Å². The Morgan fingerprint density at radius 2 is 0.855 bits per heavy atom. The first kappa shape index (κ1) is 59.8. The number of carboxylic acids is 1. The van der Waals surface area contributed by atoms with Crippen molar-refractivity contribution in [3.63, 3.8) is 0 Å². The van der Waals surface area contributed by atoms with E-state index in [2.05, 4.69) is 38.2 Å². The number of unbranched alkanes of at least 4 members (excludes halogenated alkanes) is 30. The van der Waals surface area contributed by atoms with E-state index >= 15 is 0 Å². The molecule has 0 aliphatic rings. The van der Waals surface area contributed by atoms with Crippen LogP contribution in [0, 0.1) is 0 Å². The molecule has 0 fully saturated rings. The summed E-state index contributed by atoms with van der Waals surface area (Å²) in [5, 5.41) is 9.66. The van der Waals surface area contributed by atoms with Crippen LogP contribution in [0.2, 0.25) is 0 Å². The zero-order valence-electron chi connectivity index (χ0n) is 41.6. The van der Waals surface area contributed by atoms with Gasteiger partial charge in [0.15, 0.2) is 12.1 Å². The van der Waals surface area contributed by atoms with E-state index in [-0.39, 0.29) is 36.2 Å². The summed E-state index contributed by atoms with van der Waals surface area (Å²) in [6, 6.07) is -0.613. The molecule has 0 radical (unpaired) electrons. The zero-order valence-corrected chi connectivity index (χ0v) is 41.6. The van der Waals surface area contributed by atoms with Gasteiger partial charge >= 0.3 is 17.9 Å². The van der Waals surface area contributed by atoms with Gasteiger partial charge in [-0.1, -0.05) is 212 Å². The SMILES string of the molecule is CCCCCCC/C=C\C/C=C\CCCCCCCCCCCC(=O)OC(COCCC(C(=O)O)[N+](C)(C)C)COC(=O)CCCCCCCCCCCCCCCCCCC. The number of carbonyl (C=O) groups excluding carboxylic acids is 2. The van der Waals surface area contributed by atoms with Crippen molar-refractivity contribution >= 4 is 17.9 Å². The van der Waals surface area contributed by atoms with Gasteiger partial charge in [0.25, 0.3) is 0 Å². The Kier molecular flexibility index (Phi) is 43.8. The largest absolute Gasteiger partial charge is 0.477 e. The van der Waals surface area contributed by atoms with Crippen LogP contribution in [0.5, 0.6) is 0 Å². The first-order valence-corrected chi connectivity index (χ1v) is 26.4. The lowest BCUT2D eigenvalue weighted by molar-refractivity contribution is -0.887. The third-order valence-electron chi connectivity index (χ3n) is 12.1. The Labute approximate surface area is 383 Å². The third-order valence-corrected chi connectivity index (χ3v) is 12.1. The van der Waals surface area contributed by atoms with E-state index in [1.54, 1.807) is 0 Å². The number of carboxylic acid groups (broad SMARTS) is 1. The molecule has 0 aromatic carbocycles. The molecule has 0 saturated carbocycles. The fourth-order valence-electron chi connectivity index (χ4n) is 8.01. The maximum Gasteiger partial charge on any atom is 0.362 e. The van der Waals surface area contributed by atoms with Crippen molar-refractivity contribution in [3.05, 3.63) is 24.3 Å². The number of esters is 2. The zero-order chi connectivity index (χ0) is 45.6. The Bertz CT molecular complexity index is 1070. The number of hydrogen-bond acceptors (Lipinski definition) is 6. The quantitative estimate of drug-likeness (QED) is 0.0281. The number of quaternary nitrogens is 1. The van der Waals surface area contributed by atoms with Gasteiger partial charge in [-0.2, -0.15) is 0 Å². The van der Waals surface area contributed by atoms with Crippen molar-refractivity contribution in [2.45, 2.75) is 264 Å². The maximum absolute atomic E-state index is 12.8. The average molecular weight is 877 g/mol. The van der Waals surface area contributed by atoms with Gasteiger partial charge in [-0.15, -0.1) is 0 Å². The van der Waals surface area contributed by atoms with E-state index in [4.69, 9.17) is 14.2 Å². The summed E-state index contributed by atoms with van der Waals surface area (Å²) in [7, 11) is 5.54. The second-order valence-electron chi connectivity index (χ2n) is 19.1. The number of ether oxygens (including phenoxy) is 3. The topological polar surface area (TPSA) is 99.1 Å². The number of nitrogens with zero attached hydrogens (tertiary/aromatic N) is 1. The Morgan fingerprint density at radius 1 is 0.484 bits per heavy atom. The van der Waals surface area contributed by atoms with Crippen LogP contribution < -0.4 is 0 Å². The van der Waals surface area contributed by atoms with Crippen molar-refractivity contribution in [3.8, 4) is 0 Å². The first-order chi connectivity index (χ1) is 30.1. The molecule has 0 aromatic heterocycles. The van der Waals surface area contributed by atoms with Crippen LogP contribution in [0.3, 0.4) is 0 Å². The maximum atomic E-state index is 12.8. The molecule has 0 rings (SSSR count). The van der Waals surface area contributed by atoms with Crippen LogP contribution in [0.25, 0.3) is 0 Å². The van der Waals surface area contributed by atoms with Crippen LogP contribution in [0.1, 0.15) is 251 Å². The molecule has 364 valence electrons. The number of aliphatic carboxylic acids is 1. The van der Waals surface area contributed by atoms with E-state index in [9.17, 15) is 19.5 Å². The summed E-state index contributed by atoms with van der Waals surface area (Å²) >= 11 is 0. The minimum absolute atomic E-state index is 0.0475. The molecule has 2 unspecified atom stereocenters. The monoisotopic (exact) mass is 877 g/mol. The lowest BCUT2D eigenvalue weighted by Gasteiger charge is -2.31. The Hall–Kier alpha value is -2.19. The fraction of sp³-hybridized carbons (Fsp3) is 0.870. The van der Waals surface area contributed by atoms with Gasteiger partial charge in [0.1, 0.15) is 6.61 Å². The van der Waals surface area contributed by atoms with Gasteiger partial charge in [0.2, 0.25) is 0 Å². The number of hydrogen-bond donors (Lipinski definition) is 1. The molecule has 2 atom stereocenters. The molecule has 0 aliphatic carbocycles. The van der Waals surface area contributed by atoms with E-state index in [0.29, 0.717) is 19.3 Å². The highest BCUT2D eigenvalue weighted by Crippen LogP contribution is 2.16. The summed E-state index contributed by atoms with van der Waals surface area (Å²) < 4.78 is 17.4. The summed E-state index contributed by atoms with van der Waals surface area (Å²) in [5.41, 5.74) is 0. The van der Waals surface area contributed by atoms with E-state index < -0.39 is 18.1 Å². The minimum atomic E-state index is -0.872. The van der Waals surface area contributed by atoms with Crippen LogP contribution in [0.15, 0.2) is 24.3 Å². The normalized spacial score (nSPS) is 13.0. The van der Waals surface area contributed by atoms with Crippen molar-refractivity contribution < 1.29 is 38.2 Å². The van der Waals surface area contributed by atoms with E-state index in [1.807, 2.05) is 21.1 Å². The summed E-state index contributed by atoms with van der Waals surface area (Å²) in [4.78, 5) is 37.2. The van der Waals surface area contributed by atoms with Gasteiger partial charge in [0, 0.05) is 19.3 Å². The smallest absolute Gasteiger partial charge is 0.362 e. The molecular formula is C54H102NO7+. The summed E-state index contributed by atoms with van der Waals surface area (Å²) in [6.07, 6.45) is 52.2. The molecule has 8 heteroatoms. The highest BCUT2D eigenvalue weighted by Gasteiger charge is 2.31. The molecule has 0 saturated heterocycles. The van der Waals surface area contributed by atoms with Crippen LogP contribution >= 0.6 is 0 Å². The van der Waals surface area contributed by atoms with E-state index in [1.165, 1.54) is 173 Å². The summed E-state index contributed by atoms with van der Waals surface area (Å²) in [6.45, 7) is 4.77. The average Bonchev–Trinajstić information content (AvgIpc) is 3.23. The number of allylic oxidation sites excluding steroid dienone is 4. The van der Waals surface area contributed by atoms with Gasteiger partial charge in [-0.05, 0) is 44.9 Å². The Balaban J connectivity index is 4.21. The highest BCUT2D eigenvalue weighted by atomic mass is 16.6. The molecular weight excluding hydrogens is 775 g/mol. The van der Waals surface area contributed by atoms with Crippen molar-refractivity contribution in [1.82, 2.24) is 0 Å². The van der Waals surface area contributed by atoms with Crippen LogP contribution in [-0.4, -0.2) is 80.6 Å². The van der Waals surface area contributed by atoms with E-state index in [0.717, 1.165) is 44.9 Å². The first-order valence-electron chi connectivity index (χ1n) is 26.4. The second kappa shape index (κ2) is 45.4. The number of rotatable bonds is 48. The lowest BCUT2D eigenvalue weighted by atomic mass is 10.0. The van der Waals surface area contributed by atoms with Gasteiger partial charge < -0.3 is 23.8 Å². The minimum Gasteiger partial charge on any atom is -0.477 e. The predicted octanol–water partition coefficient (Wildman–Crippen LogP) is 15.2. The lowest BCUT2D eigenvalue weighted by Crippen LogP contribution is -2.50. The molecule has 0 bridgehead atoms. The predicted molar refractivity (Wildman–Crippen MR) is 262 cm³/mol. The van der Waals surface area contributed by atoms with Gasteiger partial charge in [0.05, 0.1) is 34.4 Å². The van der Waals surface area contributed by atoms with Crippen molar-refractivity contribution in [1.29, 1.82) is 0 Å². The second-order valence-corrected chi connectivity index (χ2v) is 19.1. The molecule has 0 amide bonds. The van der Waals surface area contributed by atoms with Crippen LogP contribution in [0.4, 0.5) is 0 Å². The summed E-state index contributed by atoms with van der Waals surface area (Å²) in [5.74, 6) is -1.45. The molecule has 0 spiro atoms. The van der Waals surface area contributed by atoms with Crippen LogP contribution in [-0.2, 0) is 28.6 Å². The van der Waals surface area contributed by atoms with Crippen molar-refractivity contribution in [2.75, 3.05) is 41.0 Å². The molecule has 8 nitrogen and oxygen atoms in total. The number of carbonyl (C=O) groups is 3. The number of likely N-dealkylation sites (N-methyl/N-ethyl adjacent to an activating group) is 1. The molecule has 0 aromatic rings. The highest BCUT2D eigenvalue weighted by molar-refractivity contribution is 5.72. The Morgan fingerprint density at radius 3 is 1.24 bits per heavy atom. The van der Waals surface area contributed by atoms with Gasteiger partial charge in [-0.25, -0.2) is 4.79 Å². The standard InChI is InChI=1S/C54H101NO7/c1-6-8-10-12-14-16-18-20-22-24-25-26-27-29-31-33-35-37-39-41-43-45-53(57)62-50(48-60-47-46-51(54(58)59)55(3,4)5)49-61-52(56)44-42-40-38-36-34-32-30-28-23-21-19-17-15-13-11-9-7-2/h18,20,24-25,50-51H,6-17,19,21-23,26-49H2,1-5H3/p+1/b20-18-,25-24-. The molecule has 1 N–H and O–H groups in total. The molecule has 0 heterocycles. The van der Waals surface area contributed by atoms with Crippen molar-refractivity contribution in [2.24, 2.45) is 0 Å². The molecule has 0 aliphatic heterocycles.